The van der Waals surface area contributed by atoms with Crippen molar-refractivity contribution in [1.29, 1.82) is 0 Å². The Bertz CT molecular complexity index is 624. The molecule has 1 aliphatic rings. The van der Waals surface area contributed by atoms with Crippen LogP contribution in [0.2, 0.25) is 5.02 Å². The van der Waals surface area contributed by atoms with Crippen LogP contribution in [0.15, 0.2) is 30.5 Å². The average Bonchev–Trinajstić information content (AvgIpc) is 3.34. The first-order valence-corrected chi connectivity index (χ1v) is 8.05. The highest BCUT2D eigenvalue weighted by Gasteiger charge is 2.28. The summed E-state index contributed by atoms with van der Waals surface area (Å²) in [5.41, 5.74) is 8.08. The lowest BCUT2D eigenvalue weighted by Gasteiger charge is -2.21. The van der Waals surface area contributed by atoms with E-state index in [0.717, 1.165) is 34.0 Å². The molecule has 1 saturated carbocycles. The third-order valence-corrected chi connectivity index (χ3v) is 4.80. The van der Waals surface area contributed by atoms with E-state index in [1.165, 1.54) is 12.8 Å². The molecule has 21 heavy (non-hydrogen) atoms. The summed E-state index contributed by atoms with van der Waals surface area (Å²) in [6.07, 6.45) is 4.56. The number of benzene rings is 1. The van der Waals surface area contributed by atoms with Gasteiger partial charge in [0.25, 0.3) is 0 Å². The van der Waals surface area contributed by atoms with Crippen LogP contribution in [0.1, 0.15) is 31.4 Å². The smallest absolute Gasteiger partial charge is 0.0765 e. The third kappa shape index (κ3) is 3.20. The van der Waals surface area contributed by atoms with Gasteiger partial charge >= 0.3 is 0 Å². The molecule has 3 rings (SSSR count). The molecule has 1 aromatic carbocycles. The maximum absolute atomic E-state index is 6.26. The molecule has 4 heteroatoms. The summed E-state index contributed by atoms with van der Waals surface area (Å²) in [5.74, 6) is 1.61. The number of nitrogens with two attached hydrogens (primary N) is 1. The van der Waals surface area contributed by atoms with Crippen LogP contribution in [-0.2, 0) is 0 Å². The second-order valence-corrected chi connectivity index (χ2v) is 6.45. The highest BCUT2D eigenvalue weighted by atomic mass is 35.5. The molecule has 0 spiro atoms. The lowest BCUT2D eigenvalue weighted by atomic mass is 10.0. The first-order chi connectivity index (χ1) is 10.2. The number of hydrogen-bond donors (Lipinski definition) is 2. The fraction of sp³-hybridized carbons (Fsp3) is 0.471. The van der Waals surface area contributed by atoms with Crippen LogP contribution in [0.3, 0.4) is 0 Å². The number of hydrogen-bond acceptors (Lipinski definition) is 3. The molecule has 3 N–H and O–H groups in total. The maximum atomic E-state index is 6.26. The van der Waals surface area contributed by atoms with Gasteiger partial charge < -0.3 is 11.1 Å². The van der Waals surface area contributed by atoms with Gasteiger partial charge in [0.2, 0.25) is 0 Å². The molecule has 0 amide bonds. The van der Waals surface area contributed by atoms with Crippen LogP contribution in [0.25, 0.3) is 10.9 Å². The third-order valence-electron chi connectivity index (χ3n) is 4.47. The van der Waals surface area contributed by atoms with Crippen molar-refractivity contribution < 1.29 is 0 Å². The molecule has 0 radical (unpaired) electrons. The van der Waals surface area contributed by atoms with Crippen molar-refractivity contribution in [3.8, 4) is 0 Å². The van der Waals surface area contributed by atoms with E-state index >= 15 is 0 Å². The topological polar surface area (TPSA) is 50.9 Å². The van der Waals surface area contributed by atoms with E-state index in [1.807, 2.05) is 30.5 Å². The van der Waals surface area contributed by atoms with Gasteiger partial charge in [-0.25, -0.2) is 0 Å². The molecular weight excluding hydrogens is 282 g/mol. The van der Waals surface area contributed by atoms with Gasteiger partial charge in [0.15, 0.2) is 0 Å². The molecule has 2 atom stereocenters. The number of nitrogens with zero attached hydrogens (tertiary/aromatic N) is 1. The van der Waals surface area contributed by atoms with Crippen LogP contribution < -0.4 is 11.1 Å². The van der Waals surface area contributed by atoms with Gasteiger partial charge in [-0.3, -0.25) is 4.98 Å². The van der Waals surface area contributed by atoms with Crippen molar-refractivity contribution in [2.75, 3.05) is 13.1 Å². The summed E-state index contributed by atoms with van der Waals surface area (Å²) >= 11 is 6.26. The number of aromatic nitrogens is 1. The lowest BCUT2D eigenvalue weighted by molar-refractivity contribution is 0.423. The highest BCUT2D eigenvalue weighted by molar-refractivity contribution is 6.35. The molecule has 0 saturated heterocycles. The summed E-state index contributed by atoms with van der Waals surface area (Å²) in [6, 6.07) is 8.03. The van der Waals surface area contributed by atoms with Crippen molar-refractivity contribution in [2.45, 2.75) is 25.8 Å². The standard InChI is InChI=1S/C17H22ClN3/c1-11(12-4-5-12)10-21-16(9-19)14-6-7-15(18)13-3-2-8-20-17(13)14/h2-3,6-8,11-12,16,21H,4-5,9-10,19H2,1H3. The Hall–Kier alpha value is -1.16. The molecule has 0 bridgehead atoms. The van der Waals surface area contributed by atoms with Crippen LogP contribution in [0.4, 0.5) is 0 Å². The summed E-state index contributed by atoms with van der Waals surface area (Å²) in [6.45, 7) is 3.88. The van der Waals surface area contributed by atoms with Gasteiger partial charge in [-0.15, -0.1) is 0 Å². The van der Waals surface area contributed by atoms with E-state index in [9.17, 15) is 0 Å². The molecule has 1 aromatic heterocycles. The quantitative estimate of drug-likeness (QED) is 0.858. The molecule has 112 valence electrons. The molecule has 1 heterocycles. The Morgan fingerprint density at radius 3 is 2.90 bits per heavy atom. The Labute approximate surface area is 130 Å². The number of halogens is 1. The second-order valence-electron chi connectivity index (χ2n) is 6.05. The van der Waals surface area contributed by atoms with E-state index in [-0.39, 0.29) is 6.04 Å². The summed E-state index contributed by atoms with van der Waals surface area (Å²) in [7, 11) is 0. The fourth-order valence-corrected chi connectivity index (χ4v) is 3.14. The SMILES string of the molecule is CC(CNC(CN)c1ccc(Cl)c2cccnc12)C1CC1. The highest BCUT2D eigenvalue weighted by Crippen LogP contribution is 2.36. The Kier molecular flexibility index (Phi) is 4.43. The van der Waals surface area contributed by atoms with Gasteiger partial charge in [0.1, 0.15) is 0 Å². The Morgan fingerprint density at radius 1 is 1.38 bits per heavy atom. The Balaban J connectivity index is 1.84. The lowest BCUT2D eigenvalue weighted by Crippen LogP contribution is -2.32. The number of rotatable bonds is 6. The maximum Gasteiger partial charge on any atom is 0.0765 e. The molecular formula is C17H22ClN3. The van der Waals surface area contributed by atoms with Crippen molar-refractivity contribution in [2.24, 2.45) is 17.6 Å². The van der Waals surface area contributed by atoms with Gasteiger partial charge in [0, 0.05) is 29.2 Å². The van der Waals surface area contributed by atoms with Crippen LogP contribution >= 0.6 is 11.6 Å². The monoisotopic (exact) mass is 303 g/mol. The minimum Gasteiger partial charge on any atom is -0.329 e. The average molecular weight is 304 g/mol. The predicted molar refractivity (Wildman–Crippen MR) is 88.4 cm³/mol. The predicted octanol–water partition coefficient (Wildman–Crippen LogP) is 3.52. The van der Waals surface area contributed by atoms with Crippen molar-refractivity contribution >= 4 is 22.5 Å². The summed E-state index contributed by atoms with van der Waals surface area (Å²) < 4.78 is 0. The fourth-order valence-electron chi connectivity index (χ4n) is 2.92. The molecule has 1 fully saturated rings. The van der Waals surface area contributed by atoms with Crippen LogP contribution in [0, 0.1) is 11.8 Å². The van der Waals surface area contributed by atoms with Gasteiger partial charge in [-0.05, 0) is 55.0 Å². The number of nitrogens with one attached hydrogen (secondary N) is 1. The van der Waals surface area contributed by atoms with E-state index in [2.05, 4.69) is 17.2 Å². The van der Waals surface area contributed by atoms with Crippen LogP contribution in [0.5, 0.6) is 0 Å². The van der Waals surface area contributed by atoms with Gasteiger partial charge in [-0.2, -0.15) is 0 Å². The minimum atomic E-state index is 0.126. The van der Waals surface area contributed by atoms with Crippen molar-refractivity contribution in [3.05, 3.63) is 41.0 Å². The molecule has 1 aliphatic carbocycles. The first-order valence-electron chi connectivity index (χ1n) is 7.67. The molecule has 2 aromatic rings. The van der Waals surface area contributed by atoms with E-state index in [0.29, 0.717) is 12.5 Å². The summed E-state index contributed by atoms with van der Waals surface area (Å²) in [5, 5.41) is 5.34. The second kappa shape index (κ2) is 6.30. The van der Waals surface area contributed by atoms with Crippen molar-refractivity contribution in [3.63, 3.8) is 0 Å². The summed E-state index contributed by atoms with van der Waals surface area (Å²) in [4.78, 5) is 4.51. The first kappa shape index (κ1) is 14.8. The Morgan fingerprint density at radius 2 is 2.19 bits per heavy atom. The molecule has 0 aliphatic heterocycles. The zero-order chi connectivity index (χ0) is 14.8. The van der Waals surface area contributed by atoms with Gasteiger partial charge in [-0.1, -0.05) is 24.6 Å². The van der Waals surface area contributed by atoms with Crippen molar-refractivity contribution in [1.82, 2.24) is 10.3 Å². The number of pyridine rings is 1. The van der Waals surface area contributed by atoms with E-state index < -0.39 is 0 Å². The minimum absolute atomic E-state index is 0.126. The zero-order valence-corrected chi connectivity index (χ0v) is 13.1. The number of fused-ring (bicyclic) bond motifs is 1. The van der Waals surface area contributed by atoms with E-state index in [1.54, 1.807) is 0 Å². The molecule has 2 unspecified atom stereocenters. The van der Waals surface area contributed by atoms with Gasteiger partial charge in [0.05, 0.1) is 5.52 Å². The van der Waals surface area contributed by atoms with E-state index in [4.69, 9.17) is 17.3 Å². The largest absolute Gasteiger partial charge is 0.329 e. The molecule has 3 nitrogen and oxygen atoms in total. The normalized spacial score (nSPS) is 17.9. The zero-order valence-electron chi connectivity index (χ0n) is 12.3. The van der Waals surface area contributed by atoms with Crippen LogP contribution in [-0.4, -0.2) is 18.1 Å².